The molecule has 0 heterocycles. The fourth-order valence-corrected chi connectivity index (χ4v) is 5.28. The number of fused-ring (bicyclic) bond motifs is 1. The van der Waals surface area contributed by atoms with Gasteiger partial charge in [0.15, 0.2) is 0 Å². The van der Waals surface area contributed by atoms with Gasteiger partial charge in [0.2, 0.25) is 0 Å². The van der Waals surface area contributed by atoms with E-state index in [2.05, 4.69) is 49.5 Å². The molecule has 0 bridgehead atoms. The Morgan fingerprint density at radius 1 is 1.20 bits per heavy atom. The molecule has 1 saturated carbocycles. The summed E-state index contributed by atoms with van der Waals surface area (Å²) in [6.07, 6.45) is 14.6. The highest BCUT2D eigenvalue weighted by Gasteiger charge is 2.43. The van der Waals surface area contributed by atoms with Crippen LogP contribution in [0.5, 0.6) is 0 Å². The molecule has 2 aliphatic rings. The van der Waals surface area contributed by atoms with E-state index in [1.54, 1.807) is 5.57 Å². The zero-order valence-corrected chi connectivity index (χ0v) is 18.9. The van der Waals surface area contributed by atoms with Crippen LogP contribution in [0.25, 0.3) is 0 Å². The fraction of sp³-hybridized carbons (Fsp3) is 0.630. The molecule has 0 aliphatic heterocycles. The Kier molecular flexibility index (Phi) is 9.17. The van der Waals surface area contributed by atoms with E-state index in [0.717, 1.165) is 31.5 Å². The van der Waals surface area contributed by atoms with Crippen molar-refractivity contribution < 1.29 is 10.2 Å². The summed E-state index contributed by atoms with van der Waals surface area (Å²) in [5.74, 6) is 1.21. The first-order chi connectivity index (χ1) is 14.6. The SMILES string of the molecule is CCCNCCCCCC1=C[C@H]2C[C@@H](O)[C@H](/C=C/[C@H](O)Cc3cccc(C)c3)[C@H]2C1. The van der Waals surface area contributed by atoms with Crippen LogP contribution in [-0.4, -0.2) is 35.5 Å². The second kappa shape index (κ2) is 11.8. The van der Waals surface area contributed by atoms with E-state index < -0.39 is 6.10 Å². The lowest BCUT2D eigenvalue weighted by Crippen LogP contribution is -2.18. The van der Waals surface area contributed by atoms with Crippen LogP contribution in [0.2, 0.25) is 0 Å². The standard InChI is InChI=1S/C27H41NO2/c1-3-13-28-14-6-4-5-9-22-16-23-19-27(30)25(26(23)18-22)12-11-24(29)17-21-10-7-8-20(2)15-21/h7-8,10-12,15-16,23-30H,3-6,9,13-14,17-19H2,1-2H3/b12-11+/t23-,24-,25+,26-,27+/m0/s1. The van der Waals surface area contributed by atoms with Crippen LogP contribution in [0.4, 0.5) is 0 Å². The molecular weight excluding hydrogens is 370 g/mol. The molecule has 2 aliphatic carbocycles. The molecule has 3 N–H and O–H groups in total. The van der Waals surface area contributed by atoms with E-state index >= 15 is 0 Å². The van der Waals surface area contributed by atoms with Crippen LogP contribution in [0.3, 0.4) is 0 Å². The van der Waals surface area contributed by atoms with Crippen molar-refractivity contribution in [3.63, 3.8) is 0 Å². The second-order valence-electron chi connectivity index (χ2n) is 9.44. The van der Waals surface area contributed by atoms with Gasteiger partial charge in [-0.1, -0.05) is 67.0 Å². The lowest BCUT2D eigenvalue weighted by molar-refractivity contribution is 0.140. The van der Waals surface area contributed by atoms with Crippen molar-refractivity contribution in [2.75, 3.05) is 13.1 Å². The van der Waals surface area contributed by atoms with Crippen LogP contribution in [0, 0.1) is 24.7 Å². The van der Waals surface area contributed by atoms with Crippen molar-refractivity contribution in [1.29, 1.82) is 0 Å². The Bertz CT molecular complexity index is 711. The van der Waals surface area contributed by atoms with Gasteiger partial charge in [0.1, 0.15) is 0 Å². The summed E-state index contributed by atoms with van der Waals surface area (Å²) in [5.41, 5.74) is 3.98. The Morgan fingerprint density at radius 3 is 2.87 bits per heavy atom. The van der Waals surface area contributed by atoms with Gasteiger partial charge in [-0.3, -0.25) is 0 Å². The molecule has 0 unspecified atom stereocenters. The van der Waals surface area contributed by atoms with Crippen molar-refractivity contribution in [2.45, 2.75) is 77.4 Å². The highest BCUT2D eigenvalue weighted by molar-refractivity contribution is 5.24. The first-order valence-electron chi connectivity index (χ1n) is 12.1. The minimum Gasteiger partial charge on any atom is -0.392 e. The summed E-state index contributed by atoms with van der Waals surface area (Å²) >= 11 is 0. The molecule has 3 rings (SSSR count). The molecule has 1 fully saturated rings. The van der Waals surface area contributed by atoms with Gasteiger partial charge in [-0.15, -0.1) is 0 Å². The van der Waals surface area contributed by atoms with Crippen LogP contribution in [0.15, 0.2) is 48.1 Å². The summed E-state index contributed by atoms with van der Waals surface area (Å²) < 4.78 is 0. The van der Waals surface area contributed by atoms with Crippen LogP contribution in [-0.2, 0) is 6.42 Å². The second-order valence-corrected chi connectivity index (χ2v) is 9.44. The molecule has 0 amide bonds. The molecule has 1 aromatic carbocycles. The number of benzene rings is 1. The predicted molar refractivity (Wildman–Crippen MR) is 125 cm³/mol. The van der Waals surface area contributed by atoms with Crippen molar-refractivity contribution in [3.8, 4) is 0 Å². The van der Waals surface area contributed by atoms with Gasteiger partial charge in [-0.05, 0) is 75.9 Å². The quantitative estimate of drug-likeness (QED) is 0.337. The highest BCUT2D eigenvalue weighted by Crippen LogP contribution is 2.48. The first kappa shape index (κ1) is 23.2. The summed E-state index contributed by atoms with van der Waals surface area (Å²) in [4.78, 5) is 0. The molecular formula is C27H41NO2. The molecule has 5 atom stereocenters. The van der Waals surface area contributed by atoms with Gasteiger partial charge in [-0.2, -0.15) is 0 Å². The summed E-state index contributed by atoms with van der Waals surface area (Å²) in [5, 5.41) is 24.5. The van der Waals surface area contributed by atoms with Crippen LogP contribution >= 0.6 is 0 Å². The maximum atomic E-state index is 10.6. The molecule has 0 aromatic heterocycles. The lowest BCUT2D eigenvalue weighted by atomic mass is 9.88. The fourth-order valence-electron chi connectivity index (χ4n) is 5.28. The van der Waals surface area contributed by atoms with Crippen molar-refractivity contribution >= 4 is 0 Å². The van der Waals surface area contributed by atoms with Gasteiger partial charge in [0.05, 0.1) is 12.2 Å². The number of aryl methyl sites for hydroxylation is 1. The normalized spacial score (nSPS) is 26.9. The Morgan fingerprint density at radius 2 is 2.07 bits per heavy atom. The molecule has 0 radical (unpaired) electrons. The number of hydrogen-bond donors (Lipinski definition) is 3. The lowest BCUT2D eigenvalue weighted by Gasteiger charge is -2.19. The Balaban J connectivity index is 1.42. The number of hydrogen-bond acceptors (Lipinski definition) is 3. The van der Waals surface area contributed by atoms with Crippen molar-refractivity contribution in [1.82, 2.24) is 5.32 Å². The summed E-state index contributed by atoms with van der Waals surface area (Å²) in [7, 11) is 0. The zero-order chi connectivity index (χ0) is 21.3. The number of aliphatic hydroxyl groups excluding tert-OH is 2. The maximum absolute atomic E-state index is 10.6. The summed E-state index contributed by atoms with van der Waals surface area (Å²) in [6.45, 7) is 6.56. The average Bonchev–Trinajstić information content (AvgIpc) is 3.22. The van der Waals surface area contributed by atoms with Gasteiger partial charge in [0, 0.05) is 12.3 Å². The number of unbranched alkanes of at least 4 members (excludes halogenated alkanes) is 2. The largest absolute Gasteiger partial charge is 0.392 e. The smallest absolute Gasteiger partial charge is 0.0761 e. The third-order valence-corrected chi connectivity index (χ3v) is 6.81. The predicted octanol–water partition coefficient (Wildman–Crippen LogP) is 4.96. The minimum absolute atomic E-state index is 0.175. The molecule has 1 aromatic rings. The molecule has 3 nitrogen and oxygen atoms in total. The van der Waals surface area contributed by atoms with Crippen molar-refractivity contribution in [2.24, 2.45) is 17.8 Å². The topological polar surface area (TPSA) is 52.5 Å². The van der Waals surface area contributed by atoms with Gasteiger partial charge in [-0.25, -0.2) is 0 Å². The third-order valence-electron chi connectivity index (χ3n) is 6.81. The van der Waals surface area contributed by atoms with Gasteiger partial charge in [0.25, 0.3) is 0 Å². The first-order valence-corrected chi connectivity index (χ1v) is 12.1. The average molecular weight is 412 g/mol. The van der Waals surface area contributed by atoms with E-state index in [4.69, 9.17) is 0 Å². The number of nitrogens with one attached hydrogen (secondary N) is 1. The monoisotopic (exact) mass is 411 g/mol. The minimum atomic E-state index is -0.492. The molecule has 0 spiro atoms. The third kappa shape index (κ3) is 6.80. The molecule has 3 heteroatoms. The van der Waals surface area contributed by atoms with Crippen molar-refractivity contribution in [3.05, 3.63) is 59.2 Å². The Hall–Kier alpha value is -1.42. The number of aliphatic hydroxyl groups is 2. The summed E-state index contributed by atoms with van der Waals surface area (Å²) in [6, 6.07) is 8.32. The zero-order valence-electron chi connectivity index (χ0n) is 18.9. The van der Waals surface area contributed by atoms with E-state index in [9.17, 15) is 10.2 Å². The van der Waals surface area contributed by atoms with E-state index in [1.807, 2.05) is 12.1 Å². The van der Waals surface area contributed by atoms with E-state index in [0.29, 0.717) is 18.3 Å². The highest BCUT2D eigenvalue weighted by atomic mass is 16.3. The van der Waals surface area contributed by atoms with Crippen LogP contribution in [0.1, 0.15) is 63.0 Å². The van der Waals surface area contributed by atoms with E-state index in [-0.39, 0.29) is 12.0 Å². The Labute approximate surface area is 183 Å². The van der Waals surface area contributed by atoms with Crippen LogP contribution < -0.4 is 5.32 Å². The molecule has 0 saturated heterocycles. The maximum Gasteiger partial charge on any atom is 0.0761 e. The van der Waals surface area contributed by atoms with Gasteiger partial charge < -0.3 is 15.5 Å². The number of rotatable bonds is 12. The number of allylic oxidation sites excluding steroid dienone is 2. The van der Waals surface area contributed by atoms with Gasteiger partial charge >= 0.3 is 0 Å². The molecule has 166 valence electrons. The van der Waals surface area contributed by atoms with E-state index in [1.165, 1.54) is 37.7 Å². The molecule has 30 heavy (non-hydrogen) atoms.